The van der Waals surface area contributed by atoms with Crippen molar-refractivity contribution in [1.82, 2.24) is 20.7 Å². The van der Waals surface area contributed by atoms with Crippen molar-refractivity contribution in [2.24, 2.45) is 11.3 Å². The summed E-state index contributed by atoms with van der Waals surface area (Å²) in [5.74, 6) is -1.56. The Bertz CT molecular complexity index is 2470. The Hall–Kier alpha value is -5.88. The summed E-state index contributed by atoms with van der Waals surface area (Å²) >= 11 is 0. The molecule has 0 aromatic heterocycles. The van der Waals surface area contributed by atoms with Gasteiger partial charge < -0.3 is 71.3 Å². The summed E-state index contributed by atoms with van der Waals surface area (Å²) in [5, 5.41) is 38.7. The molecule has 6 unspecified atom stereocenters. The Balaban J connectivity index is 0.000000865. The van der Waals surface area contributed by atoms with Crippen LogP contribution < -0.4 is 37.0 Å². The van der Waals surface area contributed by atoms with E-state index in [1.807, 2.05) is 113 Å². The Morgan fingerprint density at radius 1 is 0.714 bits per heavy atom. The van der Waals surface area contributed by atoms with Gasteiger partial charge in [-0.15, -0.1) is 0 Å². The molecule has 1 fully saturated rings. The van der Waals surface area contributed by atoms with Gasteiger partial charge in [-0.3, -0.25) is 9.59 Å². The lowest BCUT2D eigenvalue weighted by molar-refractivity contribution is -0.288. The summed E-state index contributed by atoms with van der Waals surface area (Å²) < 4.78 is 55.7. The summed E-state index contributed by atoms with van der Waals surface area (Å²) in [6, 6.07) is 28.6. The number of nitrogens with zero attached hydrogens (tertiary/aromatic N) is 1. The van der Waals surface area contributed by atoms with Crippen molar-refractivity contribution in [2.45, 2.75) is 102 Å². The van der Waals surface area contributed by atoms with E-state index in [2.05, 4.69) is 34.5 Å². The van der Waals surface area contributed by atoms with E-state index in [0.717, 1.165) is 27.9 Å². The van der Waals surface area contributed by atoms with Crippen LogP contribution in [0.25, 0.3) is 11.1 Å². The first-order valence-electron chi connectivity index (χ1n) is 26.1. The quantitative estimate of drug-likeness (QED) is 0.0319. The molecule has 6 rings (SSSR count). The lowest BCUT2D eigenvalue weighted by atomic mass is 9.71. The summed E-state index contributed by atoms with van der Waals surface area (Å²) in [4.78, 5) is 40.9. The molecule has 0 saturated carbocycles. The Labute approximate surface area is 454 Å². The molecule has 2 aliphatic rings. The van der Waals surface area contributed by atoms with E-state index in [4.69, 9.17) is 35.2 Å². The summed E-state index contributed by atoms with van der Waals surface area (Å²) in [7, 11) is 0.255. The van der Waals surface area contributed by atoms with Gasteiger partial charge in [-0.25, -0.2) is 17.9 Å². The van der Waals surface area contributed by atoms with Gasteiger partial charge in [0, 0.05) is 62.6 Å². The van der Waals surface area contributed by atoms with Gasteiger partial charge in [-0.2, -0.15) is 0 Å². The number of nitrogens with one attached hydrogen (secondary N) is 4. The summed E-state index contributed by atoms with van der Waals surface area (Å²) in [6.07, 6.45) is -3.47. The standard InChI is InChI=1S/C45H63N5O13S.C8H12N2.C3H8/c1-45(2,3)39-37(63-43(55)41(53)40(39)52)27-61-28-38(51)47-20-22-59-24-25-60-23-21-48-42(54)36(14-8-9-19-49-64(57,58)30-17-15-29(46)16-18-30)50-44(56)62-26-35-33-12-6-4-10-31(33)32-11-5-7-13-34(32)35;1-10(2)8-5-3-7(9)4-6-8;1-3-2/h4-7,10-13,15-18,35-37,39-41,43,49,52-53,55H,8-9,14,19-28,46H2,1-3H3,(H,47,51)(H,48,54)(H,50,56);3-6H,9H2,1-2H3;3H2,1-2H3. The topological polar surface area (TPSA) is 296 Å². The van der Waals surface area contributed by atoms with Gasteiger partial charge in [-0.1, -0.05) is 89.6 Å². The molecule has 1 aliphatic heterocycles. The van der Waals surface area contributed by atoms with Crippen LogP contribution in [0.15, 0.2) is 102 Å². The van der Waals surface area contributed by atoms with Gasteiger partial charge in [0.15, 0.2) is 6.29 Å². The number of alkyl carbamates (subject to hydrolysis) is 1. The first-order valence-corrected chi connectivity index (χ1v) is 27.6. The molecule has 21 heteroatoms. The van der Waals surface area contributed by atoms with Crippen LogP contribution in [0, 0.1) is 11.3 Å². The van der Waals surface area contributed by atoms with Crippen LogP contribution >= 0.6 is 0 Å². The molecule has 11 N–H and O–H groups in total. The molecule has 0 radical (unpaired) electrons. The molecule has 4 aromatic carbocycles. The van der Waals surface area contributed by atoms with Crippen molar-refractivity contribution in [3.05, 3.63) is 108 Å². The fourth-order valence-electron chi connectivity index (χ4n) is 8.67. The number of hydrogen-bond donors (Lipinski definition) is 9. The molecule has 0 bridgehead atoms. The van der Waals surface area contributed by atoms with E-state index in [0.29, 0.717) is 18.5 Å². The van der Waals surface area contributed by atoms with E-state index >= 15 is 0 Å². The normalized spacial score (nSPS) is 18.2. The van der Waals surface area contributed by atoms with Crippen LogP contribution in [-0.2, 0) is 43.3 Å². The van der Waals surface area contributed by atoms with Crippen molar-refractivity contribution < 1.29 is 61.8 Å². The van der Waals surface area contributed by atoms with Crippen molar-refractivity contribution in [3.8, 4) is 11.1 Å². The number of anilines is 3. The maximum atomic E-state index is 13.3. The number of aliphatic hydroxyl groups is 3. The van der Waals surface area contributed by atoms with Crippen LogP contribution in [-0.4, -0.2) is 152 Å². The van der Waals surface area contributed by atoms with Crippen LogP contribution in [0.5, 0.6) is 0 Å². The number of unbranched alkanes of at least 4 members (excludes halogenated alkanes) is 1. The third-order valence-corrected chi connectivity index (χ3v) is 14.0. The minimum atomic E-state index is -3.76. The van der Waals surface area contributed by atoms with Gasteiger partial charge in [0.25, 0.3) is 0 Å². The van der Waals surface area contributed by atoms with Crippen molar-refractivity contribution in [1.29, 1.82) is 0 Å². The predicted octanol–water partition coefficient (Wildman–Crippen LogP) is 4.76. The fraction of sp³-hybridized carbons (Fsp3) is 0.518. The highest BCUT2D eigenvalue weighted by Crippen LogP contribution is 2.44. The molecule has 20 nitrogen and oxygen atoms in total. The smallest absolute Gasteiger partial charge is 0.407 e. The van der Waals surface area contributed by atoms with E-state index < -0.39 is 69.9 Å². The minimum Gasteiger partial charge on any atom is -0.449 e. The average Bonchev–Trinajstić information content (AvgIpc) is 3.70. The number of carbonyl (C=O) groups is 3. The SMILES string of the molecule is CC(C)(C)C1C(COCC(=O)NCCOCCOCCNC(=O)C(CCCCNS(=O)(=O)c2ccc(N)cc2)NC(=O)OCC2c3ccccc3-c3ccccc32)OC(O)C(O)C1O.CCC.CN(C)c1ccc(N)cc1. The van der Waals surface area contributed by atoms with Crippen molar-refractivity contribution in [3.63, 3.8) is 0 Å². The minimum absolute atomic E-state index is 0.0676. The van der Waals surface area contributed by atoms with E-state index in [9.17, 15) is 38.1 Å². The second-order valence-corrected chi connectivity index (χ2v) is 21.8. The molecule has 6 atom stereocenters. The molecule has 0 spiro atoms. The number of ether oxygens (including phenoxy) is 5. The van der Waals surface area contributed by atoms with Gasteiger partial charge in [0.05, 0.1) is 50.1 Å². The Morgan fingerprint density at radius 2 is 1.26 bits per heavy atom. The van der Waals surface area contributed by atoms with Gasteiger partial charge in [-0.05, 0) is 95.5 Å². The number of nitrogens with two attached hydrogens (primary N) is 2. The van der Waals surface area contributed by atoms with Gasteiger partial charge >= 0.3 is 6.09 Å². The maximum absolute atomic E-state index is 13.3. The Kier molecular flexibility index (Phi) is 26.6. The number of sulfonamides is 1. The number of carbonyl (C=O) groups excluding carboxylic acids is 3. The first-order chi connectivity index (χ1) is 36.7. The third kappa shape index (κ3) is 20.8. The zero-order chi connectivity index (χ0) is 56.5. The molecule has 4 aromatic rings. The van der Waals surface area contributed by atoms with Gasteiger partial charge in [0.2, 0.25) is 21.8 Å². The van der Waals surface area contributed by atoms with Crippen LogP contribution in [0.1, 0.15) is 77.3 Å². The molecule has 1 heterocycles. The largest absolute Gasteiger partial charge is 0.449 e. The molecule has 3 amide bonds. The van der Waals surface area contributed by atoms with Gasteiger partial charge in [0.1, 0.15) is 25.4 Å². The summed E-state index contributed by atoms with van der Waals surface area (Å²) in [6.45, 7) is 10.8. The molecule has 77 heavy (non-hydrogen) atoms. The summed E-state index contributed by atoms with van der Waals surface area (Å²) in [5.41, 5.74) is 17.4. The highest BCUT2D eigenvalue weighted by molar-refractivity contribution is 7.89. The van der Waals surface area contributed by atoms with Crippen LogP contribution in [0.2, 0.25) is 0 Å². The fourth-order valence-corrected chi connectivity index (χ4v) is 9.74. The number of fused-ring (bicyclic) bond motifs is 3. The van der Waals surface area contributed by atoms with Crippen molar-refractivity contribution in [2.75, 3.05) is 96.3 Å². The maximum Gasteiger partial charge on any atom is 0.407 e. The monoisotopic (exact) mass is 1090 g/mol. The average molecular weight is 1090 g/mol. The number of aliphatic hydroxyl groups excluding tert-OH is 3. The lowest BCUT2D eigenvalue weighted by Crippen LogP contribution is -2.59. The number of nitrogen functional groups attached to an aromatic ring is 2. The highest BCUT2D eigenvalue weighted by atomic mass is 32.2. The molecule has 1 aliphatic carbocycles. The molecule has 1 saturated heterocycles. The zero-order valence-electron chi connectivity index (χ0n) is 45.6. The second-order valence-electron chi connectivity index (χ2n) is 20.0. The molecular formula is C56H83N7O13S. The number of hydrogen-bond acceptors (Lipinski definition) is 16. The number of benzene rings is 4. The Morgan fingerprint density at radius 3 is 1.82 bits per heavy atom. The van der Waals surface area contributed by atoms with E-state index in [1.165, 1.54) is 36.4 Å². The molecule has 426 valence electrons. The number of rotatable bonds is 25. The molecular weight excluding hydrogens is 1010 g/mol. The number of amides is 3. The van der Waals surface area contributed by atoms with E-state index in [-0.39, 0.29) is 83.1 Å². The van der Waals surface area contributed by atoms with Crippen LogP contribution in [0.4, 0.5) is 21.9 Å². The predicted molar refractivity (Wildman–Crippen MR) is 297 cm³/mol. The first kappa shape index (κ1) is 63.7. The van der Waals surface area contributed by atoms with Crippen molar-refractivity contribution >= 4 is 45.0 Å². The highest BCUT2D eigenvalue weighted by Gasteiger charge is 2.48. The zero-order valence-corrected chi connectivity index (χ0v) is 46.4. The van der Waals surface area contributed by atoms with E-state index in [1.54, 1.807) is 0 Å². The second kappa shape index (κ2) is 32.1. The van der Waals surface area contributed by atoms with Crippen LogP contribution in [0.3, 0.4) is 0 Å². The lowest BCUT2D eigenvalue weighted by Gasteiger charge is -2.46. The third-order valence-electron chi connectivity index (χ3n) is 12.5.